The number of benzene rings is 1. The number of aryl methyl sites for hydroxylation is 1. The fourth-order valence-electron chi connectivity index (χ4n) is 2.49. The Morgan fingerprint density at radius 3 is 2.86 bits per heavy atom. The SMILES string of the molecule is Cc1cccc(-c2cnc([C@]3(C)CC(=O)N(C)C(N)=N3)s2)c1. The van der Waals surface area contributed by atoms with Gasteiger partial charge in [-0.3, -0.25) is 9.69 Å². The third-order valence-electron chi connectivity index (χ3n) is 3.84. The van der Waals surface area contributed by atoms with E-state index >= 15 is 0 Å². The van der Waals surface area contributed by atoms with Gasteiger partial charge in [0.15, 0.2) is 5.96 Å². The molecule has 0 saturated carbocycles. The van der Waals surface area contributed by atoms with Crippen LogP contribution in [0, 0.1) is 6.92 Å². The zero-order chi connectivity index (χ0) is 15.9. The Hall–Kier alpha value is -2.21. The molecule has 0 radical (unpaired) electrons. The molecule has 1 atom stereocenters. The molecule has 0 aliphatic carbocycles. The van der Waals surface area contributed by atoms with Crippen LogP contribution >= 0.6 is 11.3 Å². The molecule has 1 aromatic carbocycles. The second-order valence-corrected chi connectivity index (χ2v) is 6.80. The smallest absolute Gasteiger partial charge is 0.231 e. The third kappa shape index (κ3) is 2.50. The Labute approximate surface area is 133 Å². The summed E-state index contributed by atoms with van der Waals surface area (Å²) >= 11 is 1.56. The highest BCUT2D eigenvalue weighted by Crippen LogP contribution is 2.38. The van der Waals surface area contributed by atoms with E-state index in [4.69, 9.17) is 5.73 Å². The maximum Gasteiger partial charge on any atom is 0.231 e. The van der Waals surface area contributed by atoms with Gasteiger partial charge < -0.3 is 5.73 Å². The van der Waals surface area contributed by atoms with Gasteiger partial charge in [0.25, 0.3) is 0 Å². The van der Waals surface area contributed by atoms with Crippen molar-refractivity contribution in [1.82, 2.24) is 9.88 Å². The summed E-state index contributed by atoms with van der Waals surface area (Å²) in [7, 11) is 1.64. The van der Waals surface area contributed by atoms with Gasteiger partial charge in [0.05, 0.1) is 11.3 Å². The van der Waals surface area contributed by atoms with Gasteiger partial charge in [-0.15, -0.1) is 11.3 Å². The first-order valence-corrected chi connectivity index (χ1v) is 7.86. The van der Waals surface area contributed by atoms with Crippen LogP contribution in [0.1, 0.15) is 23.9 Å². The van der Waals surface area contributed by atoms with E-state index in [0.29, 0.717) is 0 Å². The van der Waals surface area contributed by atoms with E-state index < -0.39 is 5.54 Å². The quantitative estimate of drug-likeness (QED) is 0.926. The van der Waals surface area contributed by atoms with Crippen molar-refractivity contribution in [1.29, 1.82) is 0 Å². The summed E-state index contributed by atoms with van der Waals surface area (Å²) in [5.74, 6) is 0.202. The molecule has 0 saturated heterocycles. The average molecular weight is 314 g/mol. The van der Waals surface area contributed by atoms with Crippen molar-refractivity contribution in [3.63, 3.8) is 0 Å². The Morgan fingerprint density at radius 2 is 2.18 bits per heavy atom. The lowest BCUT2D eigenvalue weighted by molar-refractivity contribution is -0.128. The molecule has 1 aliphatic heterocycles. The number of guanidine groups is 1. The number of thiazole rings is 1. The molecule has 3 rings (SSSR count). The van der Waals surface area contributed by atoms with Crippen molar-refractivity contribution in [3.8, 4) is 10.4 Å². The minimum atomic E-state index is -0.680. The molecule has 5 nitrogen and oxygen atoms in total. The van der Waals surface area contributed by atoms with Crippen molar-refractivity contribution in [2.75, 3.05) is 7.05 Å². The fraction of sp³-hybridized carbons (Fsp3) is 0.312. The van der Waals surface area contributed by atoms with Gasteiger partial charge in [0.2, 0.25) is 5.91 Å². The van der Waals surface area contributed by atoms with Crippen LogP contribution in [0.2, 0.25) is 0 Å². The van der Waals surface area contributed by atoms with Gasteiger partial charge in [0, 0.05) is 13.2 Å². The molecular weight excluding hydrogens is 296 g/mol. The lowest BCUT2D eigenvalue weighted by Gasteiger charge is -2.31. The van der Waals surface area contributed by atoms with Crippen LogP contribution in [0.25, 0.3) is 10.4 Å². The molecule has 1 aliphatic rings. The Morgan fingerprint density at radius 1 is 1.41 bits per heavy atom. The van der Waals surface area contributed by atoms with Crippen LogP contribution in [0.5, 0.6) is 0 Å². The zero-order valence-corrected chi connectivity index (χ0v) is 13.6. The molecule has 6 heteroatoms. The maximum absolute atomic E-state index is 12.1. The summed E-state index contributed by atoms with van der Waals surface area (Å²) in [6, 6.07) is 8.27. The minimum Gasteiger partial charge on any atom is -0.369 e. The monoisotopic (exact) mass is 314 g/mol. The summed E-state index contributed by atoms with van der Waals surface area (Å²) < 4.78 is 0. The number of amides is 1. The van der Waals surface area contributed by atoms with Crippen LogP contribution in [0.15, 0.2) is 35.5 Å². The summed E-state index contributed by atoms with van der Waals surface area (Å²) in [6.45, 7) is 3.97. The molecule has 22 heavy (non-hydrogen) atoms. The van der Waals surface area contributed by atoms with Crippen molar-refractivity contribution < 1.29 is 4.79 Å². The number of aliphatic imine (C=N–C) groups is 1. The largest absolute Gasteiger partial charge is 0.369 e. The highest BCUT2D eigenvalue weighted by Gasteiger charge is 2.38. The molecule has 114 valence electrons. The standard InChI is InChI=1S/C16H18N4OS/c1-10-5-4-6-11(7-10)12-9-18-14(22-12)16(2)8-13(21)20(3)15(17)19-16/h4-7,9H,8H2,1-3H3,(H2,17,19)/t16-/m0/s1. The lowest BCUT2D eigenvalue weighted by atomic mass is 9.97. The van der Waals surface area contributed by atoms with Crippen LogP contribution in [-0.4, -0.2) is 28.8 Å². The van der Waals surface area contributed by atoms with E-state index in [9.17, 15) is 4.79 Å². The highest BCUT2D eigenvalue weighted by molar-refractivity contribution is 7.15. The number of nitrogens with two attached hydrogens (primary N) is 1. The lowest BCUT2D eigenvalue weighted by Crippen LogP contribution is -2.47. The molecule has 1 amide bonds. The molecule has 0 spiro atoms. The Bertz CT molecular complexity index is 767. The molecule has 2 heterocycles. The number of nitrogens with zero attached hydrogens (tertiary/aromatic N) is 3. The van der Waals surface area contributed by atoms with Crippen LogP contribution in [0.4, 0.5) is 0 Å². The molecular formula is C16H18N4OS. The van der Waals surface area contributed by atoms with Crippen molar-refractivity contribution >= 4 is 23.2 Å². The summed E-state index contributed by atoms with van der Waals surface area (Å²) in [5.41, 5.74) is 7.50. The van der Waals surface area contributed by atoms with E-state index in [-0.39, 0.29) is 18.3 Å². The van der Waals surface area contributed by atoms with Crippen LogP contribution in [0.3, 0.4) is 0 Å². The average Bonchev–Trinajstić information content (AvgIpc) is 2.95. The second-order valence-electron chi connectivity index (χ2n) is 5.77. The van der Waals surface area contributed by atoms with E-state index in [1.807, 2.05) is 19.2 Å². The Kier molecular flexibility index (Phi) is 3.48. The minimum absolute atomic E-state index is 0.0395. The topological polar surface area (TPSA) is 71.6 Å². The predicted molar refractivity (Wildman–Crippen MR) is 88.6 cm³/mol. The number of rotatable bonds is 2. The molecule has 2 aromatic rings. The second kappa shape index (κ2) is 5.21. The molecule has 1 aromatic heterocycles. The number of hydrogen-bond acceptors (Lipinski definition) is 5. The van der Waals surface area contributed by atoms with Gasteiger partial charge in [-0.25, -0.2) is 9.98 Å². The van der Waals surface area contributed by atoms with Crippen LogP contribution < -0.4 is 5.73 Å². The van der Waals surface area contributed by atoms with E-state index in [1.165, 1.54) is 10.5 Å². The number of carbonyl (C=O) groups excluding carboxylic acids is 1. The summed E-state index contributed by atoms with van der Waals surface area (Å²) in [6.07, 6.45) is 2.12. The fourth-order valence-corrected chi connectivity index (χ4v) is 3.49. The number of carbonyl (C=O) groups is 1. The molecule has 0 bridgehead atoms. The normalized spacial score (nSPS) is 21.9. The first-order chi connectivity index (χ1) is 10.4. The third-order valence-corrected chi connectivity index (χ3v) is 5.14. The maximum atomic E-state index is 12.1. The Balaban J connectivity index is 1.99. The zero-order valence-electron chi connectivity index (χ0n) is 12.8. The van der Waals surface area contributed by atoms with Crippen molar-refractivity contribution in [3.05, 3.63) is 41.0 Å². The van der Waals surface area contributed by atoms with Gasteiger partial charge in [0.1, 0.15) is 10.5 Å². The van der Waals surface area contributed by atoms with Gasteiger partial charge >= 0.3 is 0 Å². The van der Waals surface area contributed by atoms with Gasteiger partial charge in [-0.05, 0) is 19.4 Å². The van der Waals surface area contributed by atoms with Gasteiger partial charge in [-0.2, -0.15) is 0 Å². The first kappa shape index (κ1) is 14.7. The van der Waals surface area contributed by atoms with E-state index in [0.717, 1.165) is 15.4 Å². The number of hydrogen-bond donors (Lipinski definition) is 1. The van der Waals surface area contributed by atoms with Crippen LogP contribution in [-0.2, 0) is 10.3 Å². The summed E-state index contributed by atoms with van der Waals surface area (Å²) in [5, 5.41) is 0.813. The number of aromatic nitrogens is 1. The van der Waals surface area contributed by atoms with Gasteiger partial charge in [-0.1, -0.05) is 29.8 Å². The first-order valence-electron chi connectivity index (χ1n) is 7.04. The highest BCUT2D eigenvalue weighted by atomic mass is 32.1. The van der Waals surface area contributed by atoms with E-state index in [1.54, 1.807) is 18.4 Å². The molecule has 2 N–H and O–H groups in total. The van der Waals surface area contributed by atoms with Crippen molar-refractivity contribution in [2.45, 2.75) is 25.8 Å². The molecule has 0 unspecified atom stereocenters. The van der Waals surface area contributed by atoms with E-state index in [2.05, 4.69) is 35.1 Å². The summed E-state index contributed by atoms with van der Waals surface area (Å²) in [4.78, 5) is 23.5. The predicted octanol–water partition coefficient (Wildman–Crippen LogP) is 2.51. The van der Waals surface area contributed by atoms with Crippen molar-refractivity contribution in [2.24, 2.45) is 10.7 Å². The molecule has 0 fully saturated rings.